The van der Waals surface area contributed by atoms with Crippen molar-refractivity contribution in [1.29, 1.82) is 0 Å². The number of amides is 2. The largest absolute Gasteiger partial charge is 0.339 e. The number of likely N-dealkylation sites (tertiary alicyclic amines) is 1. The van der Waals surface area contributed by atoms with Crippen LogP contribution >= 0.6 is 0 Å². The summed E-state index contributed by atoms with van der Waals surface area (Å²) in [6.45, 7) is 1.48. The molecule has 0 saturated carbocycles. The van der Waals surface area contributed by atoms with Gasteiger partial charge in [0.2, 0.25) is 0 Å². The van der Waals surface area contributed by atoms with Crippen LogP contribution in [-0.2, 0) is 13.5 Å². The first-order valence-corrected chi connectivity index (χ1v) is 12.1. The number of hydrogen-bond donors (Lipinski definition) is 1. The third-order valence-corrected chi connectivity index (χ3v) is 6.64. The normalized spacial score (nSPS) is 16.1. The van der Waals surface area contributed by atoms with Crippen LogP contribution in [0, 0.1) is 5.92 Å². The van der Waals surface area contributed by atoms with E-state index in [1.54, 1.807) is 36.1 Å². The van der Waals surface area contributed by atoms with E-state index in [-0.39, 0.29) is 11.8 Å². The number of carbonyl (C=O) groups is 2. The number of carbonyl (C=O) groups excluding carboxylic acids is 2. The van der Waals surface area contributed by atoms with E-state index in [4.69, 9.17) is 0 Å². The smallest absolute Gasteiger partial charge is 0.258 e. The van der Waals surface area contributed by atoms with Crippen LogP contribution in [0.25, 0.3) is 10.9 Å². The number of rotatable bonds is 5. The highest BCUT2D eigenvalue weighted by Gasteiger charge is 2.22. The van der Waals surface area contributed by atoms with Crippen molar-refractivity contribution in [2.75, 3.05) is 18.4 Å². The minimum atomic E-state index is -0.247. The molecule has 1 atom stereocenters. The number of anilines is 1. The number of aromatic nitrogens is 3. The Morgan fingerprint density at radius 1 is 1.00 bits per heavy atom. The second-order valence-corrected chi connectivity index (χ2v) is 9.27. The van der Waals surface area contributed by atoms with Crippen LogP contribution in [0.4, 0.5) is 5.69 Å². The zero-order valence-corrected chi connectivity index (χ0v) is 19.9. The molecule has 0 spiro atoms. The fraction of sp³-hybridized carbons (Fsp3) is 0.286. The number of aryl methyl sites for hydroxylation is 1. The number of fused-ring (bicyclic) bond motifs is 1. The van der Waals surface area contributed by atoms with E-state index in [1.807, 2.05) is 35.4 Å². The van der Waals surface area contributed by atoms with Gasteiger partial charge in [-0.25, -0.2) is 0 Å². The summed E-state index contributed by atoms with van der Waals surface area (Å²) in [5.41, 5.74) is 3.94. The van der Waals surface area contributed by atoms with E-state index < -0.39 is 0 Å². The molecule has 0 bridgehead atoms. The van der Waals surface area contributed by atoms with Gasteiger partial charge in [-0.1, -0.05) is 24.3 Å². The predicted octanol–water partition coefficient (Wildman–Crippen LogP) is 4.71. The average molecular weight is 468 g/mol. The number of benzene rings is 2. The van der Waals surface area contributed by atoms with Crippen molar-refractivity contribution < 1.29 is 9.59 Å². The molecule has 35 heavy (non-hydrogen) atoms. The summed E-state index contributed by atoms with van der Waals surface area (Å²) < 4.78 is 1.58. The van der Waals surface area contributed by atoms with Crippen molar-refractivity contribution >= 4 is 28.4 Å². The molecular weight excluding hydrogens is 438 g/mol. The first-order chi connectivity index (χ1) is 17.0. The molecular formula is C28H29N5O2. The fourth-order valence-electron chi connectivity index (χ4n) is 4.79. The first-order valence-electron chi connectivity index (χ1n) is 12.1. The standard InChI is InChI=1S/C28H29N5O2/c1-32-19-24(18-30-32)27(34)31-25-9-4-8-23(16-25)28(35)33-12-5-6-20(11-13-33)14-21-15-22-7-2-3-10-26(22)29-17-21/h2-4,7-10,15-20H,5-6,11-14H2,1H3,(H,31,34)/t20-/m1/s1. The van der Waals surface area contributed by atoms with Crippen molar-refractivity contribution in [3.63, 3.8) is 0 Å². The molecule has 0 unspecified atom stereocenters. The monoisotopic (exact) mass is 467 g/mol. The van der Waals surface area contributed by atoms with Crippen LogP contribution in [0.2, 0.25) is 0 Å². The highest BCUT2D eigenvalue weighted by Crippen LogP contribution is 2.24. The summed E-state index contributed by atoms with van der Waals surface area (Å²) in [4.78, 5) is 32.3. The molecule has 4 aromatic rings. The van der Waals surface area contributed by atoms with Gasteiger partial charge >= 0.3 is 0 Å². The molecule has 5 rings (SSSR count). The number of para-hydroxylation sites is 1. The van der Waals surface area contributed by atoms with E-state index in [2.05, 4.69) is 27.5 Å². The summed E-state index contributed by atoms with van der Waals surface area (Å²) in [7, 11) is 1.76. The SMILES string of the molecule is Cn1cc(C(=O)Nc2cccc(C(=O)N3CCC[C@@H](Cc4cnc5ccccc5c4)CC3)c2)cn1. The molecule has 2 amide bonds. The summed E-state index contributed by atoms with van der Waals surface area (Å²) >= 11 is 0. The molecule has 1 aliphatic rings. The zero-order valence-electron chi connectivity index (χ0n) is 19.9. The van der Waals surface area contributed by atoms with Gasteiger partial charge in [0.1, 0.15) is 0 Å². The van der Waals surface area contributed by atoms with Crippen LogP contribution in [-0.4, -0.2) is 44.6 Å². The van der Waals surface area contributed by atoms with Crippen molar-refractivity contribution in [3.05, 3.63) is 89.9 Å². The lowest BCUT2D eigenvalue weighted by Gasteiger charge is -2.21. The van der Waals surface area contributed by atoms with Crippen molar-refractivity contribution in [2.45, 2.75) is 25.7 Å². The van der Waals surface area contributed by atoms with Gasteiger partial charge in [-0.3, -0.25) is 19.3 Å². The first kappa shape index (κ1) is 22.8. The number of nitrogens with zero attached hydrogens (tertiary/aromatic N) is 4. The van der Waals surface area contributed by atoms with Gasteiger partial charge in [0.15, 0.2) is 0 Å². The van der Waals surface area contributed by atoms with Crippen LogP contribution in [0.15, 0.2) is 73.2 Å². The van der Waals surface area contributed by atoms with Crippen molar-refractivity contribution in [2.24, 2.45) is 13.0 Å². The van der Waals surface area contributed by atoms with Gasteiger partial charge in [0, 0.05) is 49.2 Å². The Hall–Kier alpha value is -4.00. The van der Waals surface area contributed by atoms with Gasteiger partial charge in [-0.15, -0.1) is 0 Å². The molecule has 1 aliphatic heterocycles. The Bertz CT molecular complexity index is 1360. The minimum Gasteiger partial charge on any atom is -0.339 e. The molecule has 7 heteroatoms. The summed E-state index contributed by atoms with van der Waals surface area (Å²) in [6, 6.07) is 17.6. The highest BCUT2D eigenvalue weighted by atomic mass is 16.2. The lowest BCUT2D eigenvalue weighted by atomic mass is 9.93. The molecule has 2 aromatic heterocycles. The Balaban J connectivity index is 1.21. The van der Waals surface area contributed by atoms with Crippen LogP contribution < -0.4 is 5.32 Å². The second kappa shape index (κ2) is 10.1. The van der Waals surface area contributed by atoms with Crippen LogP contribution in [0.5, 0.6) is 0 Å². The van der Waals surface area contributed by atoms with E-state index in [9.17, 15) is 9.59 Å². The maximum absolute atomic E-state index is 13.3. The number of hydrogen-bond acceptors (Lipinski definition) is 4. The molecule has 2 aromatic carbocycles. The Morgan fingerprint density at radius 2 is 1.89 bits per heavy atom. The van der Waals surface area contributed by atoms with E-state index in [0.29, 0.717) is 22.7 Å². The Kier molecular flexibility index (Phi) is 6.57. The average Bonchev–Trinajstić information content (AvgIpc) is 3.18. The van der Waals surface area contributed by atoms with Gasteiger partial charge in [-0.2, -0.15) is 5.10 Å². The van der Waals surface area contributed by atoms with Gasteiger partial charge in [0.25, 0.3) is 11.8 Å². The Morgan fingerprint density at radius 3 is 2.74 bits per heavy atom. The molecule has 0 radical (unpaired) electrons. The summed E-state index contributed by atoms with van der Waals surface area (Å²) in [5, 5.41) is 8.06. The predicted molar refractivity (Wildman–Crippen MR) is 136 cm³/mol. The Labute approximate surface area is 204 Å². The molecule has 178 valence electrons. The third kappa shape index (κ3) is 5.40. The lowest BCUT2D eigenvalue weighted by Crippen LogP contribution is -2.32. The van der Waals surface area contributed by atoms with Crippen LogP contribution in [0.1, 0.15) is 45.5 Å². The topological polar surface area (TPSA) is 80.1 Å². The lowest BCUT2D eigenvalue weighted by molar-refractivity contribution is 0.0759. The molecule has 1 fully saturated rings. The minimum absolute atomic E-state index is 0.00972. The van der Waals surface area contributed by atoms with E-state index >= 15 is 0 Å². The molecule has 1 saturated heterocycles. The molecule has 3 heterocycles. The quantitative estimate of drug-likeness (QED) is 0.461. The zero-order chi connectivity index (χ0) is 24.2. The third-order valence-electron chi connectivity index (χ3n) is 6.64. The number of pyridine rings is 1. The van der Waals surface area contributed by atoms with E-state index in [1.165, 1.54) is 17.1 Å². The maximum atomic E-state index is 13.3. The van der Waals surface area contributed by atoms with Gasteiger partial charge in [-0.05, 0) is 67.5 Å². The molecule has 7 nitrogen and oxygen atoms in total. The number of nitrogens with one attached hydrogen (secondary N) is 1. The summed E-state index contributed by atoms with van der Waals surface area (Å²) in [5.74, 6) is 0.292. The highest BCUT2D eigenvalue weighted by molar-refractivity contribution is 6.04. The summed E-state index contributed by atoms with van der Waals surface area (Å²) in [6.07, 6.45) is 9.19. The molecule has 1 N–H and O–H groups in total. The fourth-order valence-corrected chi connectivity index (χ4v) is 4.79. The van der Waals surface area contributed by atoms with E-state index in [0.717, 1.165) is 44.3 Å². The maximum Gasteiger partial charge on any atom is 0.258 e. The van der Waals surface area contributed by atoms with Crippen molar-refractivity contribution in [3.8, 4) is 0 Å². The van der Waals surface area contributed by atoms with Gasteiger partial charge in [0.05, 0.1) is 17.3 Å². The van der Waals surface area contributed by atoms with Gasteiger partial charge < -0.3 is 10.2 Å². The second-order valence-electron chi connectivity index (χ2n) is 9.27. The van der Waals surface area contributed by atoms with Crippen LogP contribution in [0.3, 0.4) is 0 Å². The molecule has 0 aliphatic carbocycles. The van der Waals surface area contributed by atoms with Crippen molar-refractivity contribution in [1.82, 2.24) is 19.7 Å².